The number of fused-ring (bicyclic) bond motifs is 2. The van der Waals surface area contributed by atoms with Crippen molar-refractivity contribution in [2.45, 2.75) is 27.7 Å². The van der Waals surface area contributed by atoms with Crippen LogP contribution in [0.2, 0.25) is 0 Å². The quantitative estimate of drug-likeness (QED) is 0.140. The van der Waals surface area contributed by atoms with E-state index in [1.54, 1.807) is 76.2 Å². The lowest BCUT2D eigenvalue weighted by Crippen LogP contribution is -2.05. The third kappa shape index (κ3) is 6.88. The minimum atomic E-state index is -0.531. The number of rotatable bonds is 8. The van der Waals surface area contributed by atoms with Crippen LogP contribution < -0.4 is 0 Å². The van der Waals surface area contributed by atoms with Crippen LogP contribution in [0.3, 0.4) is 0 Å². The van der Waals surface area contributed by atoms with Gasteiger partial charge in [0.25, 0.3) is 0 Å². The number of carbonyl (C=O) groups excluding carboxylic acids is 4. The van der Waals surface area contributed by atoms with Gasteiger partial charge >= 0.3 is 23.9 Å². The van der Waals surface area contributed by atoms with Gasteiger partial charge in [-0.2, -0.15) is 0 Å². The van der Waals surface area contributed by atoms with E-state index < -0.39 is 23.9 Å². The maximum Gasteiger partial charge on any atom is 0.338 e. The Morgan fingerprint density at radius 1 is 0.455 bits per heavy atom. The van der Waals surface area contributed by atoms with Crippen LogP contribution in [0.1, 0.15) is 80.3 Å². The van der Waals surface area contributed by atoms with Crippen LogP contribution in [-0.4, -0.2) is 50.3 Å². The van der Waals surface area contributed by atoms with E-state index in [1.807, 2.05) is 0 Å². The van der Waals surface area contributed by atoms with E-state index in [4.69, 9.17) is 18.9 Å². The normalized spacial score (nSPS) is 10.2. The summed E-state index contributed by atoms with van der Waals surface area (Å²) >= 11 is 0. The van der Waals surface area contributed by atoms with E-state index in [9.17, 15) is 19.2 Å². The predicted octanol–water partition coefficient (Wildman–Crippen LogP) is 6.01. The van der Waals surface area contributed by atoms with Crippen molar-refractivity contribution in [2.75, 3.05) is 26.4 Å². The first-order valence-corrected chi connectivity index (χ1v) is 14.2. The van der Waals surface area contributed by atoms with Crippen LogP contribution in [-0.2, 0) is 18.9 Å². The molecule has 0 heterocycles. The molecule has 4 rings (SSSR count). The van der Waals surface area contributed by atoms with Crippen molar-refractivity contribution in [3.8, 4) is 45.9 Å². The molecule has 0 fully saturated rings. The molecule has 0 aromatic heterocycles. The van der Waals surface area contributed by atoms with E-state index in [0.717, 1.165) is 0 Å². The number of ether oxygens (including phenoxy) is 4. The molecule has 0 bridgehead atoms. The first kappa shape index (κ1) is 31.3. The van der Waals surface area contributed by atoms with Crippen molar-refractivity contribution < 1.29 is 38.1 Å². The first-order chi connectivity index (χ1) is 21.3. The molecular weight excluding hydrogens is 560 g/mol. The minimum absolute atomic E-state index is 0.199. The maximum atomic E-state index is 12.6. The Labute approximate surface area is 255 Å². The minimum Gasteiger partial charge on any atom is -0.462 e. The summed E-state index contributed by atoms with van der Waals surface area (Å²) < 4.78 is 20.7. The summed E-state index contributed by atoms with van der Waals surface area (Å²) in [6.45, 7) is 7.64. The third-order valence-corrected chi connectivity index (χ3v) is 6.49. The van der Waals surface area contributed by atoms with Crippen LogP contribution >= 0.6 is 0 Å². The van der Waals surface area contributed by atoms with E-state index in [1.165, 1.54) is 12.1 Å². The summed E-state index contributed by atoms with van der Waals surface area (Å²) in [7, 11) is 0. The lowest BCUT2D eigenvalue weighted by Gasteiger charge is -2.02. The Morgan fingerprint density at radius 3 is 0.932 bits per heavy atom. The molecule has 0 aliphatic heterocycles. The van der Waals surface area contributed by atoms with Crippen molar-refractivity contribution in [3.05, 3.63) is 94.0 Å². The Morgan fingerprint density at radius 2 is 0.705 bits per heavy atom. The van der Waals surface area contributed by atoms with Gasteiger partial charge in [-0.1, -0.05) is 36.1 Å². The van der Waals surface area contributed by atoms with Crippen LogP contribution in [0.5, 0.6) is 0 Å². The molecule has 0 N–H and O–H groups in total. The van der Waals surface area contributed by atoms with E-state index in [2.05, 4.69) is 23.7 Å². The molecule has 8 nitrogen and oxygen atoms in total. The SMILES string of the molecule is CCOC(=O)c1cc(C(=O)OCC)c2ccc(C#CC#Cc3ccc4c(C(=O)OCC)cc(C(=O)OCC)c-4cc3)ccc1-2. The second-order valence-corrected chi connectivity index (χ2v) is 9.22. The fourth-order valence-corrected chi connectivity index (χ4v) is 4.59. The molecule has 0 aromatic rings. The highest BCUT2D eigenvalue weighted by Crippen LogP contribution is 2.34. The summed E-state index contributed by atoms with van der Waals surface area (Å²) in [6, 6.07) is 16.8. The zero-order valence-corrected chi connectivity index (χ0v) is 24.9. The molecule has 0 atom stereocenters. The molecule has 0 saturated carbocycles. The van der Waals surface area contributed by atoms with Crippen LogP contribution in [0.15, 0.2) is 60.7 Å². The highest BCUT2D eigenvalue weighted by Gasteiger charge is 2.26. The van der Waals surface area contributed by atoms with Crippen LogP contribution in [0.25, 0.3) is 22.3 Å². The topological polar surface area (TPSA) is 105 Å². The highest BCUT2D eigenvalue weighted by atomic mass is 16.5. The van der Waals surface area contributed by atoms with Crippen molar-refractivity contribution in [3.63, 3.8) is 0 Å². The van der Waals surface area contributed by atoms with Crippen molar-refractivity contribution in [1.82, 2.24) is 0 Å². The lowest BCUT2D eigenvalue weighted by atomic mass is 10.1. The average molecular weight is 591 g/mol. The molecule has 222 valence electrons. The molecule has 4 aliphatic carbocycles. The molecule has 0 spiro atoms. The Kier molecular flexibility index (Phi) is 10.3. The zero-order chi connectivity index (χ0) is 31.6. The second kappa shape index (κ2) is 14.5. The van der Waals surface area contributed by atoms with E-state index in [0.29, 0.717) is 33.4 Å². The Hall–Kier alpha value is -5.60. The van der Waals surface area contributed by atoms with Gasteiger partial charge in [-0.05, 0) is 98.2 Å². The number of esters is 4. The van der Waals surface area contributed by atoms with Gasteiger partial charge in [0.2, 0.25) is 0 Å². The fraction of sp³-hybridized carbons (Fsp3) is 0.222. The summed E-state index contributed by atoms with van der Waals surface area (Å²) in [5, 5.41) is 0. The Bertz CT molecular complexity index is 1560. The summed E-state index contributed by atoms with van der Waals surface area (Å²) in [4.78, 5) is 50.3. The van der Waals surface area contributed by atoms with Gasteiger partial charge in [0.15, 0.2) is 0 Å². The molecular formula is C36H30O8. The first-order valence-electron chi connectivity index (χ1n) is 14.2. The van der Waals surface area contributed by atoms with Gasteiger partial charge in [-0.3, -0.25) is 0 Å². The molecule has 0 radical (unpaired) electrons. The van der Waals surface area contributed by atoms with Crippen molar-refractivity contribution in [2.24, 2.45) is 0 Å². The fourth-order valence-electron chi connectivity index (χ4n) is 4.59. The number of hydrogen-bond acceptors (Lipinski definition) is 8. The largest absolute Gasteiger partial charge is 0.462 e. The highest BCUT2D eigenvalue weighted by molar-refractivity contribution is 6.09. The number of carbonyl (C=O) groups is 4. The van der Waals surface area contributed by atoms with Gasteiger partial charge in [0.1, 0.15) is 0 Å². The van der Waals surface area contributed by atoms with Crippen molar-refractivity contribution >= 4 is 23.9 Å². The molecule has 0 amide bonds. The summed E-state index contributed by atoms with van der Waals surface area (Å²) in [5.41, 5.74) is 4.49. The zero-order valence-electron chi connectivity index (χ0n) is 24.9. The molecule has 0 aromatic carbocycles. The smallest absolute Gasteiger partial charge is 0.338 e. The Balaban J connectivity index is 1.68. The monoisotopic (exact) mass is 590 g/mol. The molecule has 4 aliphatic rings. The lowest BCUT2D eigenvalue weighted by molar-refractivity contribution is 0.0511. The maximum absolute atomic E-state index is 12.6. The van der Waals surface area contributed by atoms with E-state index in [-0.39, 0.29) is 48.7 Å². The van der Waals surface area contributed by atoms with Gasteiger partial charge in [0.05, 0.1) is 48.7 Å². The summed E-state index contributed by atoms with van der Waals surface area (Å²) in [6.07, 6.45) is 0. The second-order valence-electron chi connectivity index (χ2n) is 9.22. The third-order valence-electron chi connectivity index (χ3n) is 6.49. The predicted molar refractivity (Wildman–Crippen MR) is 164 cm³/mol. The van der Waals surface area contributed by atoms with E-state index >= 15 is 0 Å². The summed E-state index contributed by atoms with van der Waals surface area (Å²) in [5.74, 6) is 9.48. The molecule has 0 unspecified atom stereocenters. The van der Waals surface area contributed by atoms with Crippen LogP contribution in [0, 0.1) is 23.7 Å². The van der Waals surface area contributed by atoms with Crippen molar-refractivity contribution in [1.29, 1.82) is 0 Å². The molecule has 44 heavy (non-hydrogen) atoms. The van der Waals surface area contributed by atoms with Gasteiger partial charge in [-0.25, -0.2) is 19.2 Å². The number of hydrogen-bond donors (Lipinski definition) is 0. The molecule has 0 saturated heterocycles. The van der Waals surface area contributed by atoms with Gasteiger partial charge in [-0.15, -0.1) is 0 Å². The van der Waals surface area contributed by atoms with Gasteiger partial charge in [0, 0.05) is 11.1 Å². The van der Waals surface area contributed by atoms with Crippen LogP contribution in [0.4, 0.5) is 0 Å². The average Bonchev–Trinajstić information content (AvgIpc) is 3.39. The standard InChI is InChI=1S/C36H30O8/c1-5-41-33(37)29-21-30(34(38)42-6-2)26-18-14-23(13-17-25(26)29)11-9-10-12-24-15-19-27-28(20-16-24)32(36(40)44-8-4)22-31(27)35(39)43-7-3/h13-22H,5-8H2,1-4H3. The van der Waals surface area contributed by atoms with Gasteiger partial charge < -0.3 is 18.9 Å². The molecule has 8 heteroatoms.